The molecule has 3 atom stereocenters. The van der Waals surface area contributed by atoms with E-state index in [-0.39, 0.29) is 30.1 Å². The third-order valence-electron chi connectivity index (χ3n) is 4.34. The number of benzene rings is 1. The lowest BCUT2D eigenvalue weighted by Gasteiger charge is -2.41. The topological polar surface area (TPSA) is 73.6 Å². The first-order valence-electron chi connectivity index (χ1n) is 6.69. The minimum Gasteiger partial charge on any atom is -0.461 e. The van der Waals surface area contributed by atoms with Gasteiger partial charge in [0.05, 0.1) is 5.92 Å². The minimum atomic E-state index is -3.00. The summed E-state index contributed by atoms with van der Waals surface area (Å²) in [7, 11) is 0. The number of aliphatic imine (C=N–C) groups is 1. The SMILES string of the molecule is C[C@]1(c2cc(N)ccc2F)N=C(N)O[C@@H]2CCC(F)(F)[C@@H]21. The first kappa shape index (κ1) is 14.0. The van der Waals surface area contributed by atoms with Gasteiger partial charge in [-0.1, -0.05) is 0 Å². The maximum atomic E-state index is 14.3. The van der Waals surface area contributed by atoms with Crippen LogP contribution in [0.25, 0.3) is 0 Å². The van der Waals surface area contributed by atoms with Crippen molar-refractivity contribution in [2.75, 3.05) is 5.73 Å². The Balaban J connectivity index is 2.20. The van der Waals surface area contributed by atoms with Gasteiger partial charge in [-0.2, -0.15) is 0 Å². The molecule has 0 saturated heterocycles. The highest BCUT2D eigenvalue weighted by molar-refractivity contribution is 5.73. The van der Waals surface area contributed by atoms with Crippen LogP contribution < -0.4 is 11.5 Å². The second-order valence-corrected chi connectivity index (χ2v) is 5.77. The molecule has 1 aliphatic carbocycles. The van der Waals surface area contributed by atoms with Gasteiger partial charge in [-0.25, -0.2) is 18.2 Å². The van der Waals surface area contributed by atoms with Crippen molar-refractivity contribution in [2.24, 2.45) is 16.6 Å². The van der Waals surface area contributed by atoms with E-state index in [2.05, 4.69) is 4.99 Å². The summed E-state index contributed by atoms with van der Waals surface area (Å²) < 4.78 is 48.0. The largest absolute Gasteiger partial charge is 0.461 e. The lowest BCUT2D eigenvalue weighted by Crippen LogP contribution is -2.51. The van der Waals surface area contributed by atoms with E-state index in [1.165, 1.54) is 19.1 Å². The Labute approximate surface area is 120 Å². The maximum absolute atomic E-state index is 14.3. The van der Waals surface area contributed by atoms with Gasteiger partial charge in [0.2, 0.25) is 0 Å². The van der Waals surface area contributed by atoms with Gasteiger partial charge in [0.1, 0.15) is 17.5 Å². The summed E-state index contributed by atoms with van der Waals surface area (Å²) in [5, 5.41) is 0. The van der Waals surface area contributed by atoms with E-state index in [1.807, 2.05) is 0 Å². The minimum absolute atomic E-state index is 0.0188. The van der Waals surface area contributed by atoms with Crippen LogP contribution in [0.4, 0.5) is 18.9 Å². The van der Waals surface area contributed by atoms with Crippen molar-refractivity contribution in [3.63, 3.8) is 0 Å². The first-order valence-corrected chi connectivity index (χ1v) is 6.69. The fraction of sp³-hybridized carbons (Fsp3) is 0.500. The number of hydrogen-bond donors (Lipinski definition) is 2. The monoisotopic (exact) mass is 299 g/mol. The smallest absolute Gasteiger partial charge is 0.283 e. The molecule has 0 amide bonds. The average Bonchev–Trinajstić information content (AvgIpc) is 2.68. The van der Waals surface area contributed by atoms with Gasteiger partial charge in [-0.3, -0.25) is 0 Å². The number of alkyl halides is 2. The van der Waals surface area contributed by atoms with E-state index in [0.717, 1.165) is 6.07 Å². The molecule has 2 aliphatic rings. The third-order valence-corrected chi connectivity index (χ3v) is 4.34. The Morgan fingerprint density at radius 1 is 1.33 bits per heavy atom. The lowest BCUT2D eigenvalue weighted by molar-refractivity contribution is -0.0960. The number of amidine groups is 1. The molecule has 114 valence electrons. The molecule has 0 spiro atoms. The van der Waals surface area contributed by atoms with Crippen LogP contribution in [-0.2, 0) is 10.3 Å². The Morgan fingerprint density at radius 3 is 2.76 bits per heavy atom. The van der Waals surface area contributed by atoms with Crippen LogP contribution in [-0.4, -0.2) is 18.0 Å². The summed E-state index contributed by atoms with van der Waals surface area (Å²) in [6.45, 7) is 1.46. The third kappa shape index (κ3) is 2.02. The Bertz CT molecular complexity index is 619. The standard InChI is InChI=1S/C14H16F3N3O/c1-13(8-6-7(18)2-3-9(8)15)11-10(21-12(19)20-13)4-5-14(11,16)17/h2-3,6,10-11H,4-5,18H2,1H3,(H2,19,20)/t10-,11+,13-/m1/s1. The van der Waals surface area contributed by atoms with Crippen LogP contribution in [0.5, 0.6) is 0 Å². The summed E-state index contributed by atoms with van der Waals surface area (Å²) in [5.41, 5.74) is 10.1. The second-order valence-electron chi connectivity index (χ2n) is 5.77. The zero-order chi connectivity index (χ0) is 15.4. The molecule has 0 unspecified atom stereocenters. The van der Waals surface area contributed by atoms with Crippen LogP contribution in [0.15, 0.2) is 23.2 Å². The lowest BCUT2D eigenvalue weighted by atomic mass is 9.75. The van der Waals surface area contributed by atoms with Crippen molar-refractivity contribution in [3.8, 4) is 0 Å². The average molecular weight is 299 g/mol. The number of nitrogen functional groups attached to an aromatic ring is 1. The van der Waals surface area contributed by atoms with Crippen molar-refractivity contribution in [1.29, 1.82) is 0 Å². The van der Waals surface area contributed by atoms with Crippen molar-refractivity contribution in [3.05, 3.63) is 29.6 Å². The summed E-state index contributed by atoms with van der Waals surface area (Å²) in [6.07, 6.45) is -0.943. The molecule has 0 bridgehead atoms. The number of nitrogens with two attached hydrogens (primary N) is 2. The Kier molecular flexibility index (Phi) is 2.86. The molecule has 1 fully saturated rings. The molecule has 1 saturated carbocycles. The highest BCUT2D eigenvalue weighted by Gasteiger charge is 2.62. The number of nitrogens with zero attached hydrogens (tertiary/aromatic N) is 1. The highest BCUT2D eigenvalue weighted by Crippen LogP contribution is 2.54. The molecule has 1 aromatic rings. The van der Waals surface area contributed by atoms with Crippen molar-refractivity contribution >= 4 is 11.7 Å². The number of anilines is 1. The summed E-state index contributed by atoms with van der Waals surface area (Å²) >= 11 is 0. The van der Waals surface area contributed by atoms with E-state index in [9.17, 15) is 13.2 Å². The molecule has 0 aromatic heterocycles. The highest BCUT2D eigenvalue weighted by atomic mass is 19.3. The summed E-state index contributed by atoms with van der Waals surface area (Å²) in [5.74, 6) is -4.90. The van der Waals surface area contributed by atoms with Gasteiger partial charge in [0.25, 0.3) is 11.9 Å². The summed E-state index contributed by atoms with van der Waals surface area (Å²) in [4.78, 5) is 4.02. The molecule has 21 heavy (non-hydrogen) atoms. The van der Waals surface area contributed by atoms with Crippen LogP contribution in [0, 0.1) is 11.7 Å². The predicted molar refractivity (Wildman–Crippen MR) is 72.3 cm³/mol. The molecule has 4 N–H and O–H groups in total. The van der Waals surface area contributed by atoms with Gasteiger partial charge >= 0.3 is 0 Å². The van der Waals surface area contributed by atoms with Crippen molar-refractivity contribution < 1.29 is 17.9 Å². The molecular weight excluding hydrogens is 283 g/mol. The number of hydrogen-bond acceptors (Lipinski definition) is 4. The first-order chi connectivity index (χ1) is 9.74. The van der Waals surface area contributed by atoms with E-state index >= 15 is 0 Å². The van der Waals surface area contributed by atoms with Crippen molar-refractivity contribution in [1.82, 2.24) is 0 Å². The molecule has 3 rings (SSSR count). The number of fused-ring (bicyclic) bond motifs is 1. The number of rotatable bonds is 1. The van der Waals surface area contributed by atoms with Gasteiger partial charge in [-0.05, 0) is 31.5 Å². The fourth-order valence-electron chi connectivity index (χ4n) is 3.47. The number of halogens is 3. The molecule has 1 aromatic carbocycles. The van der Waals surface area contributed by atoms with Crippen LogP contribution >= 0.6 is 0 Å². The Morgan fingerprint density at radius 2 is 2.05 bits per heavy atom. The molecule has 1 aliphatic heterocycles. The summed E-state index contributed by atoms with van der Waals surface area (Å²) in [6, 6.07) is 3.67. The molecule has 1 heterocycles. The quantitative estimate of drug-likeness (QED) is 0.782. The van der Waals surface area contributed by atoms with E-state index < -0.39 is 29.3 Å². The fourth-order valence-corrected chi connectivity index (χ4v) is 3.47. The van der Waals surface area contributed by atoms with Gasteiger partial charge in [0, 0.05) is 17.7 Å². The van der Waals surface area contributed by atoms with E-state index in [1.54, 1.807) is 0 Å². The Hall–Kier alpha value is -1.92. The van der Waals surface area contributed by atoms with Gasteiger partial charge in [-0.15, -0.1) is 0 Å². The van der Waals surface area contributed by atoms with Crippen LogP contribution in [0.2, 0.25) is 0 Å². The zero-order valence-corrected chi connectivity index (χ0v) is 11.4. The van der Waals surface area contributed by atoms with Crippen molar-refractivity contribution in [2.45, 2.75) is 37.3 Å². The molecule has 4 nitrogen and oxygen atoms in total. The van der Waals surface area contributed by atoms with Gasteiger partial charge in [0.15, 0.2) is 0 Å². The number of ether oxygens (including phenoxy) is 1. The van der Waals surface area contributed by atoms with Crippen LogP contribution in [0.3, 0.4) is 0 Å². The van der Waals surface area contributed by atoms with Gasteiger partial charge < -0.3 is 16.2 Å². The normalized spacial score (nSPS) is 34.0. The molecule has 7 heteroatoms. The second kappa shape index (κ2) is 4.29. The van der Waals surface area contributed by atoms with E-state index in [0.29, 0.717) is 0 Å². The van der Waals surface area contributed by atoms with Crippen LogP contribution in [0.1, 0.15) is 25.3 Å². The molecule has 0 radical (unpaired) electrons. The maximum Gasteiger partial charge on any atom is 0.283 e. The van der Waals surface area contributed by atoms with E-state index in [4.69, 9.17) is 16.2 Å². The molecular formula is C14H16F3N3O. The zero-order valence-electron chi connectivity index (χ0n) is 11.4. The predicted octanol–water partition coefficient (Wildman–Crippen LogP) is 2.38.